The first kappa shape index (κ1) is 9.18. The van der Waals surface area contributed by atoms with Gasteiger partial charge in [0.05, 0.1) is 12.4 Å². The Morgan fingerprint density at radius 3 is 3.07 bits per heavy atom. The van der Waals surface area contributed by atoms with Crippen LogP contribution in [-0.2, 0) is 0 Å². The zero-order valence-corrected chi connectivity index (χ0v) is 7.84. The summed E-state index contributed by atoms with van der Waals surface area (Å²) in [5.41, 5.74) is 7.59. The molecule has 2 heterocycles. The normalized spacial score (nSPS) is 15.6. The quantitative estimate of drug-likeness (QED) is 0.750. The first-order valence-corrected chi connectivity index (χ1v) is 4.46. The zero-order valence-electron chi connectivity index (χ0n) is 7.84. The molecule has 0 aromatic carbocycles. The highest BCUT2D eigenvalue weighted by molar-refractivity contribution is 5.76. The Morgan fingerprint density at radius 2 is 2.36 bits per heavy atom. The Labute approximate surface area is 81.4 Å². The summed E-state index contributed by atoms with van der Waals surface area (Å²) >= 11 is 0. The first-order chi connectivity index (χ1) is 6.70. The fraction of sp³-hybridized carbons (Fsp3) is 0.300. The van der Waals surface area contributed by atoms with Crippen LogP contribution in [-0.4, -0.2) is 16.1 Å². The number of aliphatic hydroxyl groups is 1. The van der Waals surface area contributed by atoms with Crippen molar-refractivity contribution < 1.29 is 9.52 Å². The van der Waals surface area contributed by atoms with E-state index in [1.165, 1.54) is 6.26 Å². The van der Waals surface area contributed by atoms with Crippen LogP contribution >= 0.6 is 0 Å². The third-order valence-corrected chi connectivity index (χ3v) is 2.17. The molecule has 0 saturated carbocycles. The second kappa shape index (κ2) is 3.40. The lowest BCUT2D eigenvalue weighted by Crippen LogP contribution is -2.24. The van der Waals surface area contributed by atoms with Crippen molar-refractivity contribution in [2.45, 2.75) is 19.1 Å². The van der Waals surface area contributed by atoms with Gasteiger partial charge in [-0.2, -0.15) is 0 Å². The van der Waals surface area contributed by atoms with Gasteiger partial charge in [-0.25, -0.2) is 0 Å². The van der Waals surface area contributed by atoms with Gasteiger partial charge < -0.3 is 15.3 Å². The zero-order chi connectivity index (χ0) is 10.1. The van der Waals surface area contributed by atoms with Crippen LogP contribution in [0.25, 0.3) is 11.1 Å². The molecule has 4 nitrogen and oxygen atoms in total. The number of nitrogens with zero attached hydrogens (tertiary/aromatic N) is 1. The predicted molar refractivity (Wildman–Crippen MR) is 52.6 cm³/mol. The molecule has 2 rings (SSSR count). The molecule has 74 valence electrons. The summed E-state index contributed by atoms with van der Waals surface area (Å²) in [6, 6.07) is 3.26. The van der Waals surface area contributed by atoms with Crippen molar-refractivity contribution in [2.24, 2.45) is 5.73 Å². The third kappa shape index (κ3) is 1.38. The molecule has 0 aliphatic heterocycles. The van der Waals surface area contributed by atoms with E-state index in [4.69, 9.17) is 10.2 Å². The Balaban J connectivity index is 2.53. The van der Waals surface area contributed by atoms with Crippen molar-refractivity contribution in [2.75, 3.05) is 0 Å². The van der Waals surface area contributed by atoms with Gasteiger partial charge >= 0.3 is 0 Å². The molecule has 0 amide bonds. The molecular weight excluding hydrogens is 180 g/mol. The maximum absolute atomic E-state index is 9.76. The Morgan fingerprint density at radius 1 is 1.57 bits per heavy atom. The van der Waals surface area contributed by atoms with E-state index in [2.05, 4.69) is 4.98 Å². The standard InChI is InChI=1S/C10H12N2O2/c1-6(11)10(13)7-5-14-8-3-2-4-12-9(7)8/h2-6,10,13H,11H2,1H3. The second-order valence-corrected chi connectivity index (χ2v) is 3.35. The van der Waals surface area contributed by atoms with Crippen LogP contribution in [0.15, 0.2) is 29.0 Å². The van der Waals surface area contributed by atoms with E-state index in [9.17, 15) is 5.11 Å². The average Bonchev–Trinajstić information content (AvgIpc) is 2.60. The van der Waals surface area contributed by atoms with E-state index in [1.807, 2.05) is 0 Å². The number of nitrogens with two attached hydrogens (primary N) is 1. The monoisotopic (exact) mass is 192 g/mol. The molecule has 2 atom stereocenters. The maximum Gasteiger partial charge on any atom is 0.152 e. The molecule has 3 N–H and O–H groups in total. The minimum absolute atomic E-state index is 0.335. The van der Waals surface area contributed by atoms with E-state index in [1.54, 1.807) is 25.3 Å². The Bertz CT molecular complexity index is 436. The lowest BCUT2D eigenvalue weighted by Gasteiger charge is -2.11. The largest absolute Gasteiger partial charge is 0.462 e. The highest BCUT2D eigenvalue weighted by Crippen LogP contribution is 2.25. The number of aliphatic hydroxyl groups excluding tert-OH is 1. The lowest BCUT2D eigenvalue weighted by molar-refractivity contribution is 0.153. The highest BCUT2D eigenvalue weighted by atomic mass is 16.3. The van der Waals surface area contributed by atoms with Gasteiger partial charge in [-0.3, -0.25) is 4.98 Å². The molecule has 2 aromatic heterocycles. The van der Waals surface area contributed by atoms with Gasteiger partial charge in [0.15, 0.2) is 5.58 Å². The maximum atomic E-state index is 9.76. The summed E-state index contributed by atoms with van der Waals surface area (Å²) < 4.78 is 5.24. The predicted octanol–water partition coefficient (Wildman–Crippen LogP) is 1.21. The molecule has 0 aliphatic carbocycles. The number of hydrogen-bond donors (Lipinski definition) is 2. The van der Waals surface area contributed by atoms with Gasteiger partial charge in [0.25, 0.3) is 0 Å². The molecule has 2 aromatic rings. The summed E-state index contributed by atoms with van der Waals surface area (Å²) in [5, 5.41) is 9.76. The van der Waals surface area contributed by atoms with Crippen LogP contribution in [0.4, 0.5) is 0 Å². The molecule has 0 fully saturated rings. The number of furan rings is 1. The van der Waals surface area contributed by atoms with Gasteiger partial charge in [0.1, 0.15) is 5.52 Å². The van der Waals surface area contributed by atoms with Crippen LogP contribution in [0.3, 0.4) is 0 Å². The van der Waals surface area contributed by atoms with E-state index in [-0.39, 0.29) is 6.04 Å². The van der Waals surface area contributed by atoms with Gasteiger partial charge in [-0.15, -0.1) is 0 Å². The lowest BCUT2D eigenvalue weighted by atomic mass is 10.1. The number of pyridine rings is 1. The second-order valence-electron chi connectivity index (χ2n) is 3.35. The van der Waals surface area contributed by atoms with Gasteiger partial charge in [-0.1, -0.05) is 0 Å². The van der Waals surface area contributed by atoms with Crippen molar-refractivity contribution in [3.05, 3.63) is 30.2 Å². The smallest absolute Gasteiger partial charge is 0.152 e. The van der Waals surface area contributed by atoms with Crippen molar-refractivity contribution in [1.29, 1.82) is 0 Å². The Hall–Kier alpha value is -1.39. The average molecular weight is 192 g/mol. The molecule has 2 unspecified atom stereocenters. The summed E-state index contributed by atoms with van der Waals surface area (Å²) in [7, 11) is 0. The molecule has 0 spiro atoms. The van der Waals surface area contributed by atoms with Gasteiger partial charge in [0.2, 0.25) is 0 Å². The number of aromatic nitrogens is 1. The van der Waals surface area contributed by atoms with Crippen LogP contribution in [0, 0.1) is 0 Å². The van der Waals surface area contributed by atoms with Crippen LogP contribution in [0.1, 0.15) is 18.6 Å². The summed E-state index contributed by atoms with van der Waals surface area (Å²) in [6.07, 6.45) is 2.44. The summed E-state index contributed by atoms with van der Waals surface area (Å²) in [6.45, 7) is 1.74. The molecular formula is C10H12N2O2. The molecule has 0 radical (unpaired) electrons. The minimum Gasteiger partial charge on any atom is -0.462 e. The van der Waals surface area contributed by atoms with E-state index >= 15 is 0 Å². The number of hydrogen-bond acceptors (Lipinski definition) is 4. The Kier molecular flexibility index (Phi) is 2.23. The molecule has 0 bridgehead atoms. The molecule has 0 saturated heterocycles. The van der Waals surface area contributed by atoms with Crippen LogP contribution < -0.4 is 5.73 Å². The highest BCUT2D eigenvalue weighted by Gasteiger charge is 2.18. The first-order valence-electron chi connectivity index (χ1n) is 4.46. The minimum atomic E-state index is -0.730. The van der Waals surface area contributed by atoms with E-state index in [0.29, 0.717) is 16.7 Å². The van der Waals surface area contributed by atoms with E-state index < -0.39 is 6.10 Å². The molecule has 4 heteroatoms. The van der Waals surface area contributed by atoms with Crippen molar-refractivity contribution >= 4 is 11.1 Å². The number of rotatable bonds is 2. The van der Waals surface area contributed by atoms with E-state index in [0.717, 1.165) is 0 Å². The van der Waals surface area contributed by atoms with Crippen molar-refractivity contribution in [3.8, 4) is 0 Å². The fourth-order valence-electron chi connectivity index (χ4n) is 1.38. The topological polar surface area (TPSA) is 72.3 Å². The number of fused-ring (bicyclic) bond motifs is 1. The third-order valence-electron chi connectivity index (χ3n) is 2.17. The summed E-state index contributed by atoms with van der Waals surface area (Å²) in [5.74, 6) is 0. The van der Waals surface area contributed by atoms with Crippen LogP contribution in [0.5, 0.6) is 0 Å². The molecule has 14 heavy (non-hydrogen) atoms. The fourth-order valence-corrected chi connectivity index (χ4v) is 1.38. The SMILES string of the molecule is CC(N)C(O)c1coc2cccnc12. The van der Waals surface area contributed by atoms with Gasteiger partial charge in [0, 0.05) is 17.8 Å². The summed E-state index contributed by atoms with van der Waals surface area (Å²) in [4.78, 5) is 4.14. The van der Waals surface area contributed by atoms with Gasteiger partial charge in [-0.05, 0) is 19.1 Å². The molecule has 0 aliphatic rings. The van der Waals surface area contributed by atoms with Crippen LogP contribution in [0.2, 0.25) is 0 Å². The van der Waals surface area contributed by atoms with Crippen molar-refractivity contribution in [1.82, 2.24) is 4.98 Å². The van der Waals surface area contributed by atoms with Crippen molar-refractivity contribution in [3.63, 3.8) is 0 Å².